The molecular formula is C9H14ClN3O2. The van der Waals surface area contributed by atoms with Crippen LogP contribution in [0.4, 0.5) is 0 Å². The van der Waals surface area contributed by atoms with E-state index in [1.165, 1.54) is 7.11 Å². The van der Waals surface area contributed by atoms with Crippen LogP contribution >= 0.6 is 12.4 Å². The molecule has 1 N–H and O–H groups in total. The molecule has 84 valence electrons. The van der Waals surface area contributed by atoms with Crippen molar-refractivity contribution in [3.05, 3.63) is 17.7 Å². The SMILES string of the molecule is COC(=O)[C@@H]1Cc2ncn(C)c2CN1.Cl. The fourth-order valence-electron chi connectivity index (χ4n) is 1.70. The van der Waals surface area contributed by atoms with Crippen molar-refractivity contribution in [1.82, 2.24) is 14.9 Å². The first-order valence-corrected chi connectivity index (χ1v) is 4.52. The third-order valence-corrected chi connectivity index (χ3v) is 2.54. The van der Waals surface area contributed by atoms with E-state index in [1.54, 1.807) is 6.33 Å². The van der Waals surface area contributed by atoms with Crippen LogP contribution in [0.25, 0.3) is 0 Å². The highest BCUT2D eigenvalue weighted by molar-refractivity contribution is 5.85. The number of halogens is 1. The van der Waals surface area contributed by atoms with Crippen LogP contribution in [0.3, 0.4) is 0 Å². The largest absolute Gasteiger partial charge is 0.468 e. The summed E-state index contributed by atoms with van der Waals surface area (Å²) < 4.78 is 6.64. The lowest BCUT2D eigenvalue weighted by Crippen LogP contribution is -2.42. The molecule has 2 heterocycles. The molecule has 1 aromatic heterocycles. The van der Waals surface area contributed by atoms with Crippen molar-refractivity contribution in [2.75, 3.05) is 7.11 Å². The number of imidazole rings is 1. The van der Waals surface area contributed by atoms with Crippen molar-refractivity contribution in [1.29, 1.82) is 0 Å². The summed E-state index contributed by atoms with van der Waals surface area (Å²) in [5.74, 6) is -0.221. The van der Waals surface area contributed by atoms with Gasteiger partial charge in [0.25, 0.3) is 0 Å². The summed E-state index contributed by atoms with van der Waals surface area (Å²) >= 11 is 0. The number of carbonyl (C=O) groups excluding carboxylic acids is 1. The Kier molecular flexibility index (Phi) is 3.71. The number of aromatic nitrogens is 2. The monoisotopic (exact) mass is 231 g/mol. The predicted octanol–water partition coefficient (Wildman–Crippen LogP) is 0.0292. The van der Waals surface area contributed by atoms with E-state index in [2.05, 4.69) is 15.0 Å². The van der Waals surface area contributed by atoms with Crippen molar-refractivity contribution in [3.8, 4) is 0 Å². The molecule has 15 heavy (non-hydrogen) atoms. The zero-order valence-corrected chi connectivity index (χ0v) is 9.50. The van der Waals surface area contributed by atoms with Crippen LogP contribution in [-0.2, 0) is 29.5 Å². The number of hydrogen-bond acceptors (Lipinski definition) is 4. The lowest BCUT2D eigenvalue weighted by Gasteiger charge is -2.21. The van der Waals surface area contributed by atoms with E-state index in [-0.39, 0.29) is 24.4 Å². The van der Waals surface area contributed by atoms with Gasteiger partial charge >= 0.3 is 5.97 Å². The molecule has 1 aliphatic rings. The number of fused-ring (bicyclic) bond motifs is 1. The van der Waals surface area contributed by atoms with Crippen molar-refractivity contribution in [2.24, 2.45) is 7.05 Å². The van der Waals surface area contributed by atoms with E-state index in [0.717, 1.165) is 11.4 Å². The highest BCUT2D eigenvalue weighted by Gasteiger charge is 2.26. The normalized spacial score (nSPS) is 18.9. The van der Waals surface area contributed by atoms with E-state index in [9.17, 15) is 4.79 Å². The topological polar surface area (TPSA) is 56.1 Å². The molecule has 0 aliphatic carbocycles. The molecule has 6 heteroatoms. The number of nitrogens with one attached hydrogen (secondary N) is 1. The summed E-state index contributed by atoms with van der Waals surface area (Å²) in [7, 11) is 3.35. The van der Waals surface area contributed by atoms with Gasteiger partial charge in [0.15, 0.2) is 0 Å². The Morgan fingerprint density at radius 2 is 2.47 bits per heavy atom. The second kappa shape index (κ2) is 4.63. The zero-order valence-electron chi connectivity index (χ0n) is 8.69. The average Bonchev–Trinajstić information content (AvgIpc) is 2.59. The number of hydrogen-bond donors (Lipinski definition) is 1. The van der Waals surface area contributed by atoms with Crippen molar-refractivity contribution in [3.63, 3.8) is 0 Å². The van der Waals surface area contributed by atoms with Gasteiger partial charge < -0.3 is 9.30 Å². The molecule has 0 saturated carbocycles. The second-order valence-corrected chi connectivity index (χ2v) is 3.41. The Bertz CT molecular complexity index is 364. The molecule has 1 atom stereocenters. The van der Waals surface area contributed by atoms with Crippen molar-refractivity contribution in [2.45, 2.75) is 19.0 Å². The number of esters is 1. The quantitative estimate of drug-likeness (QED) is 0.693. The highest BCUT2D eigenvalue weighted by Crippen LogP contribution is 2.14. The maximum atomic E-state index is 11.3. The molecule has 0 amide bonds. The van der Waals surface area contributed by atoms with Crippen molar-refractivity contribution >= 4 is 18.4 Å². The summed E-state index contributed by atoms with van der Waals surface area (Å²) in [5.41, 5.74) is 2.13. The molecule has 5 nitrogen and oxygen atoms in total. The molecule has 0 unspecified atom stereocenters. The Morgan fingerprint density at radius 1 is 1.73 bits per heavy atom. The summed E-state index contributed by atoms with van der Waals surface area (Å²) in [6, 6.07) is -0.248. The number of aryl methyl sites for hydroxylation is 1. The highest BCUT2D eigenvalue weighted by atomic mass is 35.5. The minimum absolute atomic E-state index is 0. The second-order valence-electron chi connectivity index (χ2n) is 3.41. The van der Waals surface area contributed by atoms with E-state index < -0.39 is 0 Å². The van der Waals surface area contributed by atoms with Gasteiger partial charge in [0, 0.05) is 20.0 Å². The third kappa shape index (κ3) is 2.13. The van der Waals surface area contributed by atoms with Gasteiger partial charge in [-0.2, -0.15) is 0 Å². The van der Waals surface area contributed by atoms with Crippen LogP contribution in [0.5, 0.6) is 0 Å². The fourth-order valence-corrected chi connectivity index (χ4v) is 1.70. The molecule has 1 aliphatic heterocycles. The van der Waals surface area contributed by atoms with E-state index in [1.807, 2.05) is 11.6 Å². The first kappa shape index (κ1) is 12.0. The van der Waals surface area contributed by atoms with Gasteiger partial charge in [-0.3, -0.25) is 10.1 Å². The van der Waals surface area contributed by atoms with Crippen molar-refractivity contribution < 1.29 is 9.53 Å². The molecule has 1 aromatic rings. The van der Waals surface area contributed by atoms with E-state index >= 15 is 0 Å². The minimum atomic E-state index is -0.248. The van der Waals surface area contributed by atoms with Gasteiger partial charge in [-0.15, -0.1) is 12.4 Å². The summed E-state index contributed by atoms with van der Waals surface area (Å²) in [5, 5.41) is 3.12. The molecule has 0 aromatic carbocycles. The van der Waals surface area contributed by atoms with Crippen LogP contribution < -0.4 is 5.32 Å². The van der Waals surface area contributed by atoms with Crippen LogP contribution in [-0.4, -0.2) is 28.7 Å². The first-order chi connectivity index (χ1) is 6.72. The molecule has 0 saturated heterocycles. The first-order valence-electron chi connectivity index (χ1n) is 4.52. The molecule has 2 rings (SSSR count). The minimum Gasteiger partial charge on any atom is -0.468 e. The Morgan fingerprint density at radius 3 is 3.13 bits per heavy atom. The van der Waals surface area contributed by atoms with Gasteiger partial charge in [0.2, 0.25) is 0 Å². The van der Waals surface area contributed by atoms with E-state index in [4.69, 9.17) is 0 Å². The Labute approximate surface area is 94.2 Å². The molecule has 0 bridgehead atoms. The molecular weight excluding hydrogens is 218 g/mol. The molecule has 0 spiro atoms. The molecule has 0 fully saturated rings. The van der Waals surface area contributed by atoms with Crippen LogP contribution in [0.2, 0.25) is 0 Å². The van der Waals surface area contributed by atoms with Gasteiger partial charge in [-0.25, -0.2) is 4.98 Å². The number of nitrogens with zero attached hydrogens (tertiary/aromatic N) is 2. The average molecular weight is 232 g/mol. The van der Waals surface area contributed by atoms with Crippen LogP contribution in [0.15, 0.2) is 6.33 Å². The third-order valence-electron chi connectivity index (χ3n) is 2.54. The fraction of sp³-hybridized carbons (Fsp3) is 0.556. The number of methoxy groups -OCH3 is 1. The standard InChI is InChI=1S/C9H13N3O2.ClH/c1-12-5-11-6-3-7(9(13)14-2)10-4-8(6)12;/h5,7,10H,3-4H2,1-2H3;1H/t7-;/m0./s1. The Balaban J connectivity index is 0.00000112. The maximum Gasteiger partial charge on any atom is 0.323 e. The number of ether oxygens (including phenoxy) is 1. The maximum absolute atomic E-state index is 11.3. The Hall–Kier alpha value is -1.07. The smallest absolute Gasteiger partial charge is 0.323 e. The van der Waals surface area contributed by atoms with Crippen LogP contribution in [0.1, 0.15) is 11.4 Å². The predicted molar refractivity (Wildman–Crippen MR) is 56.8 cm³/mol. The van der Waals surface area contributed by atoms with Gasteiger partial charge in [-0.05, 0) is 0 Å². The number of carbonyl (C=O) groups is 1. The van der Waals surface area contributed by atoms with Gasteiger partial charge in [-0.1, -0.05) is 0 Å². The summed E-state index contributed by atoms with van der Waals surface area (Å²) in [6.45, 7) is 0.672. The summed E-state index contributed by atoms with van der Waals surface area (Å²) in [4.78, 5) is 15.5. The molecule has 0 radical (unpaired) electrons. The van der Waals surface area contributed by atoms with Gasteiger partial charge in [0.05, 0.1) is 24.8 Å². The zero-order chi connectivity index (χ0) is 10.1. The lowest BCUT2D eigenvalue weighted by molar-refractivity contribution is -0.143. The van der Waals surface area contributed by atoms with Crippen LogP contribution in [0, 0.1) is 0 Å². The summed E-state index contributed by atoms with van der Waals surface area (Å²) in [6.07, 6.45) is 2.38. The van der Waals surface area contributed by atoms with Gasteiger partial charge in [0.1, 0.15) is 6.04 Å². The lowest BCUT2D eigenvalue weighted by atomic mass is 10.1. The number of rotatable bonds is 1. The van der Waals surface area contributed by atoms with E-state index in [0.29, 0.717) is 13.0 Å².